The quantitative estimate of drug-likeness (QED) is 0.536. The molecule has 3 rings (SSSR count). The first-order chi connectivity index (χ1) is 11.7. The summed E-state index contributed by atoms with van der Waals surface area (Å²) >= 11 is 0. The van der Waals surface area contributed by atoms with Crippen LogP contribution in [0.4, 0.5) is 0 Å². The average molecular weight is 321 g/mol. The summed E-state index contributed by atoms with van der Waals surface area (Å²) in [5, 5.41) is 0.508. The summed E-state index contributed by atoms with van der Waals surface area (Å²) in [7, 11) is 0. The van der Waals surface area contributed by atoms with Gasteiger partial charge in [-0.2, -0.15) is 0 Å². The number of nitrogens with zero attached hydrogens (tertiary/aromatic N) is 3. The number of nitrogens with two attached hydrogens (primary N) is 1. The number of aromatic amines is 1. The topological polar surface area (TPSA) is 97.0 Å². The molecule has 0 fully saturated rings. The second kappa shape index (κ2) is 7.61. The molecule has 3 N–H and O–H groups in total. The summed E-state index contributed by atoms with van der Waals surface area (Å²) in [5.41, 5.74) is 7.60. The van der Waals surface area contributed by atoms with Crippen LogP contribution in [0.2, 0.25) is 0 Å². The van der Waals surface area contributed by atoms with Gasteiger partial charge in [0.1, 0.15) is 5.82 Å². The fraction of sp³-hybridized carbons (Fsp3) is 0.222. The van der Waals surface area contributed by atoms with Gasteiger partial charge in [-0.1, -0.05) is 30.3 Å². The fourth-order valence-corrected chi connectivity index (χ4v) is 2.44. The second-order valence-electron chi connectivity index (χ2n) is 5.50. The van der Waals surface area contributed by atoms with Gasteiger partial charge in [-0.25, -0.2) is 4.98 Å². The number of aryl methyl sites for hydroxylation is 1. The van der Waals surface area contributed by atoms with Gasteiger partial charge >= 0.3 is 0 Å². The number of H-pyrrole nitrogens is 1. The molecule has 1 atom stereocenters. The summed E-state index contributed by atoms with van der Waals surface area (Å²) in [4.78, 5) is 27.5. The number of rotatable bonds is 6. The maximum Gasteiger partial charge on any atom is 0.260 e. The molecule has 0 saturated heterocycles. The number of aromatic nitrogens is 3. The van der Waals surface area contributed by atoms with Gasteiger partial charge in [0.15, 0.2) is 0 Å². The highest BCUT2D eigenvalue weighted by Crippen LogP contribution is 2.07. The number of hydrogen-bond donors (Lipinski definition) is 2. The van der Waals surface area contributed by atoms with Crippen LogP contribution in [0, 0.1) is 0 Å². The van der Waals surface area contributed by atoms with Gasteiger partial charge in [0.25, 0.3) is 5.56 Å². The minimum absolute atomic E-state index is 0.155. The molecule has 2 heterocycles. The maximum atomic E-state index is 12.0. The van der Waals surface area contributed by atoms with Crippen molar-refractivity contribution in [3.05, 3.63) is 70.5 Å². The van der Waals surface area contributed by atoms with Gasteiger partial charge < -0.3 is 10.7 Å². The van der Waals surface area contributed by atoms with E-state index >= 15 is 0 Å². The van der Waals surface area contributed by atoms with Crippen LogP contribution < -0.4 is 11.3 Å². The molecule has 3 aromatic rings. The number of nitrogens with one attached hydrogen (secondary N) is 1. The van der Waals surface area contributed by atoms with Gasteiger partial charge in [0.2, 0.25) is 0 Å². The Labute approximate surface area is 139 Å². The molecule has 0 spiro atoms. The van der Waals surface area contributed by atoms with E-state index in [0.717, 1.165) is 12.0 Å². The van der Waals surface area contributed by atoms with Gasteiger partial charge in [-0.05, 0) is 18.1 Å². The summed E-state index contributed by atoms with van der Waals surface area (Å²) < 4.78 is 0. The fourth-order valence-electron chi connectivity index (χ4n) is 2.44. The van der Waals surface area contributed by atoms with Crippen molar-refractivity contribution in [1.29, 1.82) is 0 Å². The first-order valence-electron chi connectivity index (χ1n) is 7.87. The van der Waals surface area contributed by atoms with Gasteiger partial charge in [-0.3, -0.25) is 14.8 Å². The van der Waals surface area contributed by atoms with Crippen molar-refractivity contribution in [3.8, 4) is 0 Å². The SMILES string of the molecule is NC(C=NCCCc1nc2ccncc2c(=O)[nH]1)c1ccccc1. The summed E-state index contributed by atoms with van der Waals surface area (Å²) in [6.45, 7) is 0.638. The lowest BCUT2D eigenvalue weighted by atomic mass is 10.1. The standard InChI is InChI=1S/C18H19N5O/c19-15(13-5-2-1-3-6-13)12-20-9-4-7-17-22-16-8-10-21-11-14(16)18(24)23-17/h1-3,5-6,8,10-12,15H,4,7,9,19H2,(H,22,23,24). The van der Waals surface area contributed by atoms with E-state index < -0.39 is 0 Å². The molecule has 1 unspecified atom stereocenters. The van der Waals surface area contributed by atoms with Crippen molar-refractivity contribution < 1.29 is 0 Å². The molecule has 6 nitrogen and oxygen atoms in total. The van der Waals surface area contributed by atoms with Crippen molar-refractivity contribution in [2.24, 2.45) is 10.7 Å². The van der Waals surface area contributed by atoms with Crippen molar-refractivity contribution in [2.75, 3.05) is 6.54 Å². The van der Waals surface area contributed by atoms with Crippen molar-refractivity contribution in [2.45, 2.75) is 18.9 Å². The van der Waals surface area contributed by atoms with Crippen molar-refractivity contribution in [3.63, 3.8) is 0 Å². The average Bonchev–Trinajstić information content (AvgIpc) is 2.62. The van der Waals surface area contributed by atoms with Crippen LogP contribution in [0.3, 0.4) is 0 Å². The van der Waals surface area contributed by atoms with Crippen LogP contribution in [-0.4, -0.2) is 27.7 Å². The number of hydrogen-bond acceptors (Lipinski definition) is 5. The van der Waals surface area contributed by atoms with Crippen LogP contribution >= 0.6 is 0 Å². The molecule has 2 aromatic heterocycles. The van der Waals surface area contributed by atoms with Gasteiger partial charge in [0, 0.05) is 31.6 Å². The van der Waals surface area contributed by atoms with E-state index in [9.17, 15) is 4.79 Å². The highest BCUT2D eigenvalue weighted by molar-refractivity contribution is 5.75. The predicted molar refractivity (Wildman–Crippen MR) is 95.2 cm³/mol. The van der Waals surface area contributed by atoms with Crippen LogP contribution in [-0.2, 0) is 6.42 Å². The Morgan fingerprint density at radius 3 is 2.92 bits per heavy atom. The Morgan fingerprint density at radius 1 is 1.25 bits per heavy atom. The molecule has 0 aliphatic carbocycles. The lowest BCUT2D eigenvalue weighted by molar-refractivity contribution is 0.781. The Morgan fingerprint density at radius 2 is 2.08 bits per heavy atom. The molecule has 0 radical (unpaired) electrons. The monoisotopic (exact) mass is 321 g/mol. The second-order valence-corrected chi connectivity index (χ2v) is 5.50. The normalized spacial score (nSPS) is 12.7. The molecule has 0 amide bonds. The molecular formula is C18H19N5O. The molecule has 24 heavy (non-hydrogen) atoms. The zero-order valence-corrected chi connectivity index (χ0v) is 13.2. The third-order valence-corrected chi connectivity index (χ3v) is 3.71. The smallest absolute Gasteiger partial charge is 0.260 e. The lowest BCUT2D eigenvalue weighted by Gasteiger charge is -2.05. The van der Waals surface area contributed by atoms with Crippen molar-refractivity contribution in [1.82, 2.24) is 15.0 Å². The molecule has 0 saturated carbocycles. The Hall–Kier alpha value is -2.86. The lowest BCUT2D eigenvalue weighted by Crippen LogP contribution is -2.13. The van der Waals surface area contributed by atoms with Crippen LogP contribution in [0.15, 0.2) is 58.6 Å². The maximum absolute atomic E-state index is 12.0. The molecule has 6 heteroatoms. The number of fused-ring (bicyclic) bond motifs is 1. The summed E-state index contributed by atoms with van der Waals surface area (Å²) in [6, 6.07) is 11.4. The zero-order chi connectivity index (χ0) is 16.8. The molecule has 122 valence electrons. The molecule has 0 aliphatic rings. The summed E-state index contributed by atoms with van der Waals surface area (Å²) in [5.74, 6) is 0.668. The number of benzene rings is 1. The van der Waals surface area contributed by atoms with Crippen molar-refractivity contribution >= 4 is 17.1 Å². The van der Waals surface area contributed by atoms with E-state index in [1.54, 1.807) is 18.5 Å². The summed E-state index contributed by atoms with van der Waals surface area (Å²) in [6.07, 6.45) is 6.37. The minimum atomic E-state index is -0.197. The molecule has 0 aliphatic heterocycles. The molecule has 1 aromatic carbocycles. The van der Waals surface area contributed by atoms with Gasteiger partial charge in [-0.15, -0.1) is 0 Å². The highest BCUT2D eigenvalue weighted by atomic mass is 16.1. The van der Waals surface area contributed by atoms with E-state index in [1.165, 1.54) is 6.20 Å². The predicted octanol–water partition coefficient (Wildman–Crippen LogP) is 2.02. The van der Waals surface area contributed by atoms with E-state index in [2.05, 4.69) is 19.9 Å². The minimum Gasteiger partial charge on any atom is -0.320 e. The van der Waals surface area contributed by atoms with E-state index in [4.69, 9.17) is 5.73 Å². The van der Waals surface area contributed by atoms with Crippen LogP contribution in [0.5, 0.6) is 0 Å². The number of pyridine rings is 1. The van der Waals surface area contributed by atoms with Crippen LogP contribution in [0.1, 0.15) is 23.9 Å². The molecule has 0 bridgehead atoms. The Bertz CT molecular complexity index is 889. The van der Waals surface area contributed by atoms with E-state index in [-0.39, 0.29) is 11.6 Å². The highest BCUT2D eigenvalue weighted by Gasteiger charge is 2.04. The van der Waals surface area contributed by atoms with E-state index in [0.29, 0.717) is 29.7 Å². The third-order valence-electron chi connectivity index (χ3n) is 3.71. The number of aliphatic imine (C=N–C) groups is 1. The Balaban J connectivity index is 1.55. The Kier molecular flexibility index (Phi) is 5.08. The van der Waals surface area contributed by atoms with E-state index in [1.807, 2.05) is 30.3 Å². The largest absolute Gasteiger partial charge is 0.320 e. The van der Waals surface area contributed by atoms with Gasteiger partial charge in [0.05, 0.1) is 16.9 Å². The third kappa shape index (κ3) is 3.91. The van der Waals surface area contributed by atoms with Crippen LogP contribution in [0.25, 0.3) is 10.9 Å². The first kappa shape index (κ1) is 16.0. The molecular weight excluding hydrogens is 302 g/mol. The zero-order valence-electron chi connectivity index (χ0n) is 13.2. The first-order valence-corrected chi connectivity index (χ1v) is 7.87.